The molecule has 0 radical (unpaired) electrons. The largest absolute Gasteiger partial charge is 0.369 e. The van der Waals surface area contributed by atoms with Crippen LogP contribution in [0.4, 0.5) is 11.4 Å². The van der Waals surface area contributed by atoms with Gasteiger partial charge in [-0.05, 0) is 30.2 Å². The topological polar surface area (TPSA) is 15.6 Å². The van der Waals surface area contributed by atoms with Gasteiger partial charge in [0, 0.05) is 23.7 Å². The molecule has 110 valence electrons. The molecule has 2 aromatic rings. The minimum absolute atomic E-state index is 0.571. The molecule has 2 rings (SSSR count). The Bertz CT molecular complexity index is 759. The number of hydrogen-bond donors (Lipinski definition) is 0. The van der Waals surface area contributed by atoms with Gasteiger partial charge in [-0.1, -0.05) is 51.3 Å². The van der Waals surface area contributed by atoms with Crippen LogP contribution < -0.4 is 15.3 Å². The van der Waals surface area contributed by atoms with Crippen molar-refractivity contribution in [2.45, 2.75) is 20.8 Å². The van der Waals surface area contributed by atoms with E-state index in [2.05, 4.69) is 62.7 Å². The summed E-state index contributed by atoms with van der Waals surface area (Å²) in [5.74, 6) is 0.571. The molecule has 0 atom stereocenters. The molecule has 0 aliphatic carbocycles. The average Bonchev–Trinajstić information content (AvgIpc) is 2.48. The number of rotatable bonds is 5. The molecule has 21 heavy (non-hydrogen) atoms. The molecule has 2 nitrogen and oxygen atoms in total. The number of hydrogen-bond acceptors (Lipinski definition) is 2. The Morgan fingerprint density at radius 1 is 1.10 bits per heavy atom. The number of benzene rings is 2. The first-order valence-corrected chi connectivity index (χ1v) is 7.45. The molecule has 0 bridgehead atoms. The Hall–Kier alpha value is -2.09. The summed E-state index contributed by atoms with van der Waals surface area (Å²) in [5.41, 5.74) is 2.00. The lowest BCUT2D eigenvalue weighted by Crippen LogP contribution is -2.36. The number of aliphatic imine (C=N–C) groups is 1. The molecular formula is C19H24N2. The average molecular weight is 280 g/mol. The van der Waals surface area contributed by atoms with Crippen LogP contribution in [0.2, 0.25) is 0 Å². The molecule has 0 fully saturated rings. The lowest BCUT2D eigenvalue weighted by Gasteiger charge is -2.28. The van der Waals surface area contributed by atoms with E-state index in [1.54, 1.807) is 0 Å². The number of anilines is 1. The van der Waals surface area contributed by atoms with Crippen molar-refractivity contribution < 1.29 is 0 Å². The molecule has 0 spiro atoms. The highest BCUT2D eigenvalue weighted by Gasteiger charge is 2.15. The van der Waals surface area contributed by atoms with Crippen molar-refractivity contribution in [2.75, 3.05) is 18.0 Å². The van der Waals surface area contributed by atoms with E-state index in [-0.39, 0.29) is 0 Å². The van der Waals surface area contributed by atoms with Gasteiger partial charge in [-0.3, -0.25) is 4.99 Å². The third-order valence-electron chi connectivity index (χ3n) is 3.82. The van der Waals surface area contributed by atoms with E-state index in [1.165, 1.54) is 0 Å². The van der Waals surface area contributed by atoms with Gasteiger partial charge in [-0.15, -0.1) is 0 Å². The van der Waals surface area contributed by atoms with Crippen LogP contribution in [0, 0.1) is 5.92 Å². The monoisotopic (exact) mass is 280 g/mol. The van der Waals surface area contributed by atoms with E-state index < -0.39 is 0 Å². The highest BCUT2D eigenvalue weighted by atomic mass is 15.1. The predicted molar refractivity (Wildman–Crippen MR) is 96.2 cm³/mol. The van der Waals surface area contributed by atoms with Gasteiger partial charge in [0.05, 0.1) is 11.4 Å². The zero-order valence-corrected chi connectivity index (χ0v) is 13.3. The maximum Gasteiger partial charge on any atom is 0.0940 e. The van der Waals surface area contributed by atoms with E-state index in [0.29, 0.717) is 5.92 Å². The third kappa shape index (κ3) is 2.71. The van der Waals surface area contributed by atoms with Gasteiger partial charge in [0.25, 0.3) is 0 Å². The zero-order chi connectivity index (χ0) is 15.6. The normalized spacial score (nSPS) is 11.0. The van der Waals surface area contributed by atoms with Crippen LogP contribution in [0.3, 0.4) is 0 Å². The third-order valence-corrected chi connectivity index (χ3v) is 3.82. The molecule has 2 aromatic carbocycles. The van der Waals surface area contributed by atoms with Crippen molar-refractivity contribution in [1.29, 1.82) is 0 Å². The molecule has 2 heteroatoms. The first kappa shape index (κ1) is 15.3. The lowest BCUT2D eigenvalue weighted by atomic mass is 10.0. The van der Waals surface area contributed by atoms with Crippen LogP contribution in [-0.2, 0) is 0 Å². The molecule has 0 saturated heterocycles. The van der Waals surface area contributed by atoms with Gasteiger partial charge in [-0.25, -0.2) is 0 Å². The maximum atomic E-state index is 4.32. The second kappa shape index (κ2) is 6.13. The summed E-state index contributed by atoms with van der Waals surface area (Å²) in [6.45, 7) is 20.8. The van der Waals surface area contributed by atoms with E-state index in [0.717, 1.165) is 45.7 Å². The Labute approximate surface area is 127 Å². The molecule has 0 N–H and O–H groups in total. The van der Waals surface area contributed by atoms with Crippen LogP contribution in [0.1, 0.15) is 20.8 Å². The van der Waals surface area contributed by atoms with Crippen molar-refractivity contribution in [1.82, 2.24) is 0 Å². The van der Waals surface area contributed by atoms with Gasteiger partial charge < -0.3 is 4.90 Å². The number of fused-ring (bicyclic) bond motifs is 1. The lowest BCUT2D eigenvalue weighted by molar-refractivity contribution is 0.618. The Morgan fingerprint density at radius 2 is 1.71 bits per heavy atom. The SMILES string of the molecule is C=Nc1c(N(CC)CC(C)C)c(=C)c(=C)c2ccccc12. The summed E-state index contributed by atoms with van der Waals surface area (Å²) in [7, 11) is 0. The van der Waals surface area contributed by atoms with Crippen LogP contribution >= 0.6 is 0 Å². The van der Waals surface area contributed by atoms with E-state index >= 15 is 0 Å². The fourth-order valence-corrected chi connectivity index (χ4v) is 2.85. The summed E-state index contributed by atoms with van der Waals surface area (Å²) < 4.78 is 0. The fourth-order valence-electron chi connectivity index (χ4n) is 2.85. The molecule has 0 aliphatic heterocycles. The standard InChI is InChI=1S/C19H24N2/c1-7-21(12-13(2)3)19-15(5)14(4)16-10-8-9-11-17(16)18(19)20-6/h8-11,13H,4-7,12H2,1-3H3. The van der Waals surface area contributed by atoms with Crippen molar-refractivity contribution in [3.8, 4) is 0 Å². The first-order chi connectivity index (χ1) is 10.0. The summed E-state index contributed by atoms with van der Waals surface area (Å²) in [6.07, 6.45) is 0. The molecular weight excluding hydrogens is 256 g/mol. The minimum atomic E-state index is 0.571. The molecule has 0 aromatic heterocycles. The smallest absolute Gasteiger partial charge is 0.0940 e. The summed E-state index contributed by atoms with van der Waals surface area (Å²) >= 11 is 0. The van der Waals surface area contributed by atoms with Gasteiger partial charge in [0.1, 0.15) is 0 Å². The minimum Gasteiger partial charge on any atom is -0.369 e. The van der Waals surface area contributed by atoms with Crippen molar-refractivity contribution in [3.05, 3.63) is 34.7 Å². The van der Waals surface area contributed by atoms with E-state index in [9.17, 15) is 0 Å². The van der Waals surface area contributed by atoms with Gasteiger partial charge in [0.15, 0.2) is 0 Å². The molecule has 0 saturated carbocycles. The second-order valence-electron chi connectivity index (χ2n) is 5.79. The van der Waals surface area contributed by atoms with Crippen molar-refractivity contribution in [3.63, 3.8) is 0 Å². The molecule has 0 aliphatic rings. The first-order valence-electron chi connectivity index (χ1n) is 7.45. The Balaban J connectivity index is 2.85. The van der Waals surface area contributed by atoms with Gasteiger partial charge >= 0.3 is 0 Å². The predicted octanol–water partition coefficient (Wildman–Crippen LogP) is 3.47. The van der Waals surface area contributed by atoms with E-state index in [1.807, 2.05) is 12.1 Å². The molecule has 0 unspecified atom stereocenters. The van der Waals surface area contributed by atoms with Gasteiger partial charge in [-0.2, -0.15) is 0 Å². The quantitative estimate of drug-likeness (QED) is 0.766. The summed E-state index contributed by atoms with van der Waals surface area (Å²) in [5, 5.41) is 4.14. The van der Waals surface area contributed by atoms with Crippen LogP contribution in [-0.4, -0.2) is 19.8 Å². The second-order valence-corrected chi connectivity index (χ2v) is 5.79. The Morgan fingerprint density at radius 3 is 2.24 bits per heavy atom. The van der Waals surface area contributed by atoms with Crippen molar-refractivity contribution in [2.24, 2.45) is 10.9 Å². The van der Waals surface area contributed by atoms with Gasteiger partial charge in [0.2, 0.25) is 0 Å². The highest BCUT2D eigenvalue weighted by Crippen LogP contribution is 2.31. The van der Waals surface area contributed by atoms with Crippen molar-refractivity contribution >= 4 is 42.0 Å². The summed E-state index contributed by atoms with van der Waals surface area (Å²) in [6, 6.07) is 8.21. The summed E-state index contributed by atoms with van der Waals surface area (Å²) in [4.78, 5) is 6.65. The van der Waals surface area contributed by atoms with Crippen LogP contribution in [0.25, 0.3) is 23.9 Å². The highest BCUT2D eigenvalue weighted by molar-refractivity contribution is 6.00. The number of nitrogens with zero attached hydrogens (tertiary/aromatic N) is 2. The maximum absolute atomic E-state index is 4.32. The van der Waals surface area contributed by atoms with Crippen LogP contribution in [0.15, 0.2) is 29.3 Å². The zero-order valence-electron chi connectivity index (χ0n) is 13.3. The van der Waals surface area contributed by atoms with E-state index in [4.69, 9.17) is 0 Å². The Kier molecular flexibility index (Phi) is 4.46. The fraction of sp³-hybridized carbons (Fsp3) is 0.316. The van der Waals surface area contributed by atoms with Crippen LogP contribution in [0.5, 0.6) is 0 Å². The molecule has 0 amide bonds. The molecule has 0 heterocycles.